The molecule has 0 unspecified atom stereocenters. The number of hydrogen-bond acceptors (Lipinski definition) is 4. The summed E-state index contributed by atoms with van der Waals surface area (Å²) >= 11 is 0. The van der Waals surface area contributed by atoms with Crippen molar-refractivity contribution in [3.8, 4) is 0 Å². The monoisotopic (exact) mass is 251 g/mol. The predicted octanol–water partition coefficient (Wildman–Crippen LogP) is -0.553. The molecule has 4 N–H and O–H groups in total. The number of amides is 2. The van der Waals surface area contributed by atoms with E-state index in [-0.39, 0.29) is 18.4 Å². The van der Waals surface area contributed by atoms with Crippen LogP contribution in [0.2, 0.25) is 0 Å². The Hall–Kier alpha value is -1.89. The normalized spacial score (nSPS) is 16.1. The van der Waals surface area contributed by atoms with Crippen molar-refractivity contribution in [2.24, 2.45) is 5.73 Å². The summed E-state index contributed by atoms with van der Waals surface area (Å²) in [6.45, 7) is 1.76. The zero-order valence-corrected chi connectivity index (χ0v) is 10.2. The first-order valence-electron chi connectivity index (χ1n) is 5.93. The molecule has 98 valence electrons. The number of nitrogens with zero attached hydrogens (tertiary/aromatic N) is 2. The van der Waals surface area contributed by atoms with Crippen molar-refractivity contribution in [2.45, 2.75) is 38.4 Å². The molecule has 0 bridgehead atoms. The van der Waals surface area contributed by atoms with Gasteiger partial charge in [-0.05, 0) is 19.8 Å². The Bertz CT molecular complexity index is 450. The highest BCUT2D eigenvalue weighted by molar-refractivity contribution is 5.94. The molecule has 7 heteroatoms. The van der Waals surface area contributed by atoms with Gasteiger partial charge < -0.3 is 16.4 Å². The fraction of sp³-hybridized carbons (Fsp3) is 0.545. The summed E-state index contributed by atoms with van der Waals surface area (Å²) in [6.07, 6.45) is 5.21. The first-order chi connectivity index (χ1) is 8.54. The van der Waals surface area contributed by atoms with Crippen LogP contribution >= 0.6 is 0 Å². The molecule has 1 atom stereocenters. The zero-order valence-electron chi connectivity index (χ0n) is 10.2. The highest BCUT2D eigenvalue weighted by atomic mass is 16.2. The van der Waals surface area contributed by atoms with Gasteiger partial charge in [-0.15, -0.1) is 0 Å². The van der Waals surface area contributed by atoms with Crippen molar-refractivity contribution >= 4 is 17.5 Å². The van der Waals surface area contributed by atoms with Gasteiger partial charge in [-0.2, -0.15) is 5.10 Å². The van der Waals surface area contributed by atoms with E-state index in [0.717, 1.165) is 12.8 Å². The van der Waals surface area contributed by atoms with Gasteiger partial charge in [-0.3, -0.25) is 14.3 Å². The molecule has 0 aromatic carbocycles. The number of aromatic nitrogens is 2. The maximum Gasteiger partial charge on any atom is 0.241 e. The topological polar surface area (TPSA) is 102 Å². The summed E-state index contributed by atoms with van der Waals surface area (Å²) in [6, 6.07) is -0.239. The van der Waals surface area contributed by atoms with Gasteiger partial charge in [0.2, 0.25) is 11.8 Å². The van der Waals surface area contributed by atoms with Gasteiger partial charge in [0.25, 0.3) is 0 Å². The lowest BCUT2D eigenvalue weighted by atomic mass is 10.3. The van der Waals surface area contributed by atoms with Crippen molar-refractivity contribution in [2.75, 3.05) is 5.32 Å². The van der Waals surface area contributed by atoms with Gasteiger partial charge in [0.1, 0.15) is 6.54 Å². The standard InChI is InChI=1S/C11H17N5O2/c1-7(12)11(18)15-9-4-13-16(5-9)6-10(17)14-8-2-3-8/h4-5,7-8H,2-3,6,12H2,1H3,(H,14,17)(H,15,18)/t7-/m0/s1. The van der Waals surface area contributed by atoms with E-state index in [4.69, 9.17) is 5.73 Å². The molecule has 1 aromatic rings. The lowest BCUT2D eigenvalue weighted by Gasteiger charge is -2.04. The Morgan fingerprint density at radius 3 is 2.94 bits per heavy atom. The van der Waals surface area contributed by atoms with Crippen LogP contribution in [0.15, 0.2) is 12.4 Å². The summed E-state index contributed by atoms with van der Waals surface area (Å²) in [7, 11) is 0. The molecule has 2 rings (SSSR count). The lowest BCUT2D eigenvalue weighted by molar-refractivity contribution is -0.122. The highest BCUT2D eigenvalue weighted by Gasteiger charge is 2.23. The van der Waals surface area contributed by atoms with E-state index in [1.807, 2.05) is 0 Å². The summed E-state index contributed by atoms with van der Waals surface area (Å²) < 4.78 is 1.48. The quantitative estimate of drug-likeness (QED) is 0.653. The zero-order chi connectivity index (χ0) is 13.1. The summed E-state index contributed by atoms with van der Waals surface area (Å²) in [5.74, 6) is -0.345. The SMILES string of the molecule is C[C@H](N)C(=O)Nc1cnn(CC(=O)NC2CC2)c1. The largest absolute Gasteiger partial charge is 0.352 e. The number of nitrogens with two attached hydrogens (primary N) is 1. The minimum atomic E-state index is -0.577. The average molecular weight is 251 g/mol. The maximum atomic E-state index is 11.5. The maximum absolute atomic E-state index is 11.5. The second-order valence-electron chi connectivity index (χ2n) is 4.55. The molecular weight excluding hydrogens is 234 g/mol. The van der Waals surface area contributed by atoms with Gasteiger partial charge in [-0.25, -0.2) is 0 Å². The molecule has 2 amide bonds. The molecule has 0 saturated heterocycles. The number of carbonyl (C=O) groups is 2. The third-order valence-electron chi connectivity index (χ3n) is 2.56. The molecule has 18 heavy (non-hydrogen) atoms. The minimum Gasteiger partial charge on any atom is -0.352 e. The Labute approximate surface area is 105 Å². The molecule has 1 heterocycles. The van der Waals surface area contributed by atoms with E-state index in [9.17, 15) is 9.59 Å². The number of hydrogen-bond donors (Lipinski definition) is 3. The molecule has 1 aliphatic carbocycles. The fourth-order valence-corrected chi connectivity index (χ4v) is 1.42. The first kappa shape index (κ1) is 12.6. The van der Waals surface area contributed by atoms with Crippen molar-refractivity contribution < 1.29 is 9.59 Å². The van der Waals surface area contributed by atoms with Gasteiger partial charge in [0, 0.05) is 12.2 Å². The fourth-order valence-electron chi connectivity index (χ4n) is 1.42. The van der Waals surface area contributed by atoms with Gasteiger partial charge >= 0.3 is 0 Å². The number of rotatable bonds is 5. The Kier molecular flexibility index (Phi) is 3.61. The second-order valence-corrected chi connectivity index (χ2v) is 4.55. The van der Waals surface area contributed by atoms with Crippen molar-refractivity contribution in [1.29, 1.82) is 0 Å². The molecule has 1 fully saturated rings. The van der Waals surface area contributed by atoms with Crippen molar-refractivity contribution in [1.82, 2.24) is 15.1 Å². The van der Waals surface area contributed by atoms with Gasteiger partial charge in [-0.1, -0.05) is 0 Å². The lowest BCUT2D eigenvalue weighted by Crippen LogP contribution is -2.32. The smallest absolute Gasteiger partial charge is 0.241 e. The highest BCUT2D eigenvalue weighted by Crippen LogP contribution is 2.18. The summed E-state index contributed by atoms with van der Waals surface area (Å²) in [4.78, 5) is 22.9. The third-order valence-corrected chi connectivity index (χ3v) is 2.56. The number of carbonyl (C=O) groups excluding carboxylic acids is 2. The summed E-state index contributed by atoms with van der Waals surface area (Å²) in [5.41, 5.74) is 5.97. The first-order valence-corrected chi connectivity index (χ1v) is 5.93. The minimum absolute atomic E-state index is 0.0642. The van der Waals surface area contributed by atoms with Crippen LogP contribution in [-0.2, 0) is 16.1 Å². The molecule has 0 radical (unpaired) electrons. The van der Waals surface area contributed by atoms with Crippen LogP contribution in [0.3, 0.4) is 0 Å². The van der Waals surface area contributed by atoms with Crippen LogP contribution < -0.4 is 16.4 Å². The number of nitrogens with one attached hydrogen (secondary N) is 2. The van der Waals surface area contributed by atoms with E-state index in [0.29, 0.717) is 11.7 Å². The number of anilines is 1. The van der Waals surface area contributed by atoms with Gasteiger partial charge in [0.05, 0.1) is 17.9 Å². The molecule has 1 saturated carbocycles. The van der Waals surface area contributed by atoms with Crippen LogP contribution in [0.5, 0.6) is 0 Å². The predicted molar refractivity (Wildman–Crippen MR) is 65.7 cm³/mol. The van der Waals surface area contributed by atoms with Crippen LogP contribution in [0.1, 0.15) is 19.8 Å². The van der Waals surface area contributed by atoms with Crippen molar-refractivity contribution in [3.63, 3.8) is 0 Å². The Morgan fingerprint density at radius 2 is 2.33 bits per heavy atom. The van der Waals surface area contributed by atoms with E-state index in [2.05, 4.69) is 15.7 Å². The van der Waals surface area contributed by atoms with E-state index in [1.165, 1.54) is 10.9 Å². The van der Waals surface area contributed by atoms with E-state index >= 15 is 0 Å². The Morgan fingerprint density at radius 1 is 1.61 bits per heavy atom. The molecule has 0 spiro atoms. The molecule has 1 aliphatic rings. The van der Waals surface area contributed by atoms with Crippen LogP contribution in [-0.4, -0.2) is 33.7 Å². The van der Waals surface area contributed by atoms with Crippen LogP contribution in [0, 0.1) is 0 Å². The van der Waals surface area contributed by atoms with Crippen molar-refractivity contribution in [3.05, 3.63) is 12.4 Å². The second kappa shape index (κ2) is 5.18. The van der Waals surface area contributed by atoms with Crippen LogP contribution in [0.25, 0.3) is 0 Å². The van der Waals surface area contributed by atoms with E-state index in [1.54, 1.807) is 13.1 Å². The summed E-state index contributed by atoms with van der Waals surface area (Å²) in [5, 5.41) is 9.47. The molecule has 1 aromatic heterocycles. The average Bonchev–Trinajstić information content (AvgIpc) is 2.99. The molecule has 7 nitrogen and oxygen atoms in total. The Balaban J connectivity index is 1.85. The molecular formula is C11H17N5O2. The van der Waals surface area contributed by atoms with Crippen LogP contribution in [0.4, 0.5) is 5.69 Å². The third kappa shape index (κ3) is 3.56. The van der Waals surface area contributed by atoms with Gasteiger partial charge in [0.15, 0.2) is 0 Å². The molecule has 0 aliphatic heterocycles. The van der Waals surface area contributed by atoms with E-state index < -0.39 is 6.04 Å².